The maximum atomic E-state index is 12.5. The summed E-state index contributed by atoms with van der Waals surface area (Å²) in [6, 6.07) is 6.63. The zero-order chi connectivity index (χ0) is 20.1. The van der Waals surface area contributed by atoms with E-state index in [9.17, 15) is 9.59 Å². The normalized spacial score (nSPS) is 12.1. The molecule has 0 spiro atoms. The fraction of sp³-hybridized carbons (Fsp3) is 0.421. The number of nitrogens with two attached hydrogens (primary N) is 1. The molecule has 2 N–H and O–H groups in total. The minimum absolute atomic E-state index is 0.384. The van der Waals surface area contributed by atoms with Crippen molar-refractivity contribution in [3.63, 3.8) is 0 Å². The highest BCUT2D eigenvalue weighted by Gasteiger charge is 2.34. The third-order valence-electron chi connectivity index (χ3n) is 2.64. The van der Waals surface area contributed by atoms with E-state index in [0.29, 0.717) is 16.2 Å². The smallest absolute Gasteiger partial charge is 0.427 e. The van der Waals surface area contributed by atoms with Crippen molar-refractivity contribution in [3.8, 4) is 12.3 Å². The van der Waals surface area contributed by atoms with E-state index in [0.717, 1.165) is 0 Å². The third-order valence-corrected chi connectivity index (χ3v) is 2.64. The Labute approximate surface area is 154 Å². The largest absolute Gasteiger partial charge is 0.443 e. The van der Waals surface area contributed by atoms with Gasteiger partial charge in [0.25, 0.3) is 0 Å². The van der Waals surface area contributed by atoms with Crippen LogP contribution in [-0.2, 0) is 9.47 Å². The number of hydrogen-bond acceptors (Lipinski definition) is 5. The Morgan fingerprint density at radius 2 is 1.58 bits per heavy atom. The van der Waals surface area contributed by atoms with Crippen molar-refractivity contribution in [2.45, 2.75) is 52.7 Å². The zero-order valence-corrected chi connectivity index (χ0v) is 16.0. The van der Waals surface area contributed by atoms with Crippen molar-refractivity contribution in [1.29, 1.82) is 0 Å². The molecule has 0 aliphatic rings. The first-order valence-electron chi connectivity index (χ1n) is 7.99. The highest BCUT2D eigenvalue weighted by molar-refractivity contribution is 6.08. The van der Waals surface area contributed by atoms with E-state index in [2.05, 4.69) is 10.9 Å². The summed E-state index contributed by atoms with van der Waals surface area (Å²) in [5.41, 5.74) is 5.21. The Kier molecular flexibility index (Phi) is 6.40. The number of carbonyl (C=O) groups excluding carboxylic acids is 2. The maximum Gasteiger partial charge on any atom is 0.427 e. The van der Waals surface area contributed by atoms with E-state index in [4.69, 9.17) is 21.6 Å². The van der Waals surface area contributed by atoms with E-state index >= 15 is 0 Å². The molecule has 1 aromatic carbocycles. The number of nitrogens with zero attached hydrogens (tertiary/aromatic N) is 2. The molecule has 0 aromatic heterocycles. The Hall–Kier alpha value is -3.01. The van der Waals surface area contributed by atoms with Crippen molar-refractivity contribution in [3.05, 3.63) is 29.8 Å². The molecule has 140 valence electrons. The summed E-state index contributed by atoms with van der Waals surface area (Å²) in [7, 11) is 0. The van der Waals surface area contributed by atoms with Crippen LogP contribution >= 0.6 is 0 Å². The molecule has 0 bridgehead atoms. The van der Waals surface area contributed by atoms with Gasteiger partial charge in [0.1, 0.15) is 11.2 Å². The standard InChI is InChI=1S/C19H25N3O4/c1-8-13-10-9-11-14(12-13)21-15(20)22(16(23)25-18(2,3)4)17(24)26-19(5,6)7/h1,9-12H,2-7H3,(H2,20,21). The van der Waals surface area contributed by atoms with Crippen LogP contribution in [-0.4, -0.2) is 34.2 Å². The van der Waals surface area contributed by atoms with Crippen LogP contribution < -0.4 is 5.73 Å². The van der Waals surface area contributed by atoms with Crippen molar-refractivity contribution in [2.75, 3.05) is 0 Å². The van der Waals surface area contributed by atoms with Gasteiger partial charge in [0.15, 0.2) is 0 Å². The van der Waals surface area contributed by atoms with E-state index in [1.807, 2.05) is 0 Å². The predicted octanol–water partition coefficient (Wildman–Crippen LogP) is 3.79. The summed E-state index contributed by atoms with van der Waals surface area (Å²) in [5, 5.41) is 0. The molecule has 7 heteroatoms. The molecule has 7 nitrogen and oxygen atoms in total. The maximum absolute atomic E-state index is 12.5. The number of guanidine groups is 1. The first kappa shape index (κ1) is 21.0. The van der Waals surface area contributed by atoms with Crippen LogP contribution in [0.4, 0.5) is 15.3 Å². The molecule has 1 rings (SSSR count). The second kappa shape index (κ2) is 7.91. The molecule has 0 unspecified atom stereocenters. The van der Waals surface area contributed by atoms with Crippen molar-refractivity contribution < 1.29 is 19.1 Å². The Morgan fingerprint density at radius 1 is 1.08 bits per heavy atom. The number of amides is 2. The third kappa shape index (κ3) is 6.85. The number of carbonyl (C=O) groups is 2. The van der Waals surface area contributed by atoms with Gasteiger partial charge < -0.3 is 15.2 Å². The van der Waals surface area contributed by atoms with Gasteiger partial charge in [-0.2, -0.15) is 0 Å². The van der Waals surface area contributed by atoms with E-state index in [1.165, 1.54) is 0 Å². The first-order chi connectivity index (χ1) is 11.8. The fourth-order valence-corrected chi connectivity index (χ4v) is 1.72. The van der Waals surface area contributed by atoms with Crippen LogP contribution in [0, 0.1) is 12.3 Å². The summed E-state index contributed by atoms with van der Waals surface area (Å²) < 4.78 is 10.5. The SMILES string of the molecule is C#Cc1cccc(N=C(N)N(C(=O)OC(C)(C)C)C(=O)OC(C)(C)C)c1. The number of imide groups is 1. The summed E-state index contributed by atoms with van der Waals surface area (Å²) in [5.74, 6) is 2.08. The van der Waals surface area contributed by atoms with Gasteiger partial charge in [0.05, 0.1) is 5.69 Å². The fourth-order valence-electron chi connectivity index (χ4n) is 1.72. The average Bonchev–Trinajstić information content (AvgIpc) is 2.43. The van der Waals surface area contributed by atoms with E-state index < -0.39 is 23.4 Å². The van der Waals surface area contributed by atoms with Gasteiger partial charge in [-0.05, 0) is 59.7 Å². The second-order valence-electron chi connectivity index (χ2n) is 7.46. The summed E-state index contributed by atoms with van der Waals surface area (Å²) >= 11 is 0. The highest BCUT2D eigenvalue weighted by Crippen LogP contribution is 2.17. The molecule has 0 fully saturated rings. The van der Waals surface area contributed by atoms with Gasteiger partial charge in [-0.1, -0.05) is 12.0 Å². The monoisotopic (exact) mass is 359 g/mol. The van der Waals surface area contributed by atoms with Crippen LogP contribution in [0.25, 0.3) is 0 Å². The summed E-state index contributed by atoms with van der Waals surface area (Å²) in [4.78, 5) is 29.5. The minimum atomic E-state index is -0.985. The number of terminal acetylenes is 1. The number of hydrogen-bond donors (Lipinski definition) is 1. The quantitative estimate of drug-likeness (QED) is 0.468. The van der Waals surface area contributed by atoms with Crippen molar-refractivity contribution >= 4 is 23.8 Å². The molecule has 0 saturated carbocycles. The van der Waals surface area contributed by atoms with Crippen molar-refractivity contribution in [2.24, 2.45) is 10.7 Å². The van der Waals surface area contributed by atoms with Crippen LogP contribution in [0.15, 0.2) is 29.3 Å². The van der Waals surface area contributed by atoms with Crippen LogP contribution in [0.2, 0.25) is 0 Å². The van der Waals surface area contributed by atoms with Gasteiger partial charge in [0.2, 0.25) is 5.96 Å². The molecule has 0 atom stereocenters. The average molecular weight is 359 g/mol. The second-order valence-corrected chi connectivity index (χ2v) is 7.46. The van der Waals surface area contributed by atoms with Crippen molar-refractivity contribution in [1.82, 2.24) is 4.90 Å². The Bertz CT molecular complexity index is 721. The molecule has 0 radical (unpaired) electrons. The Morgan fingerprint density at radius 3 is 2.00 bits per heavy atom. The molecule has 0 aliphatic heterocycles. The van der Waals surface area contributed by atoms with E-state index in [-0.39, 0.29) is 5.96 Å². The molecule has 26 heavy (non-hydrogen) atoms. The lowest BCUT2D eigenvalue weighted by molar-refractivity contribution is 0.0145. The highest BCUT2D eigenvalue weighted by atomic mass is 16.6. The zero-order valence-electron chi connectivity index (χ0n) is 16.0. The lowest BCUT2D eigenvalue weighted by Crippen LogP contribution is -2.49. The molecular formula is C19H25N3O4. The molecule has 2 amide bonds. The lowest BCUT2D eigenvalue weighted by atomic mass is 10.2. The summed E-state index contributed by atoms with van der Waals surface area (Å²) in [6.07, 6.45) is 3.39. The van der Waals surface area contributed by atoms with Crippen LogP contribution in [0.5, 0.6) is 0 Å². The van der Waals surface area contributed by atoms with Gasteiger partial charge in [0, 0.05) is 5.56 Å². The van der Waals surface area contributed by atoms with Gasteiger partial charge in [-0.25, -0.2) is 14.6 Å². The van der Waals surface area contributed by atoms with Crippen LogP contribution in [0.3, 0.4) is 0 Å². The Balaban J connectivity index is 3.25. The molecule has 0 heterocycles. The van der Waals surface area contributed by atoms with Gasteiger partial charge in [-0.15, -0.1) is 11.3 Å². The molecular weight excluding hydrogens is 334 g/mol. The lowest BCUT2D eigenvalue weighted by Gasteiger charge is -2.27. The topological polar surface area (TPSA) is 94.2 Å². The number of benzene rings is 1. The number of ether oxygens (including phenoxy) is 2. The van der Waals surface area contributed by atoms with Crippen LogP contribution in [0.1, 0.15) is 47.1 Å². The van der Waals surface area contributed by atoms with E-state index in [1.54, 1.807) is 65.8 Å². The van der Waals surface area contributed by atoms with Gasteiger partial charge in [-0.3, -0.25) is 0 Å². The predicted molar refractivity (Wildman–Crippen MR) is 100.0 cm³/mol. The molecule has 0 aliphatic carbocycles. The number of rotatable bonds is 1. The molecule has 0 saturated heterocycles. The molecule has 1 aromatic rings. The number of aliphatic imine (C=N–C) groups is 1. The van der Waals surface area contributed by atoms with Gasteiger partial charge >= 0.3 is 12.2 Å². The first-order valence-corrected chi connectivity index (χ1v) is 7.99. The summed E-state index contributed by atoms with van der Waals surface area (Å²) in [6.45, 7) is 10.0. The minimum Gasteiger partial charge on any atom is -0.443 e.